The SMILES string of the molecule is Cc1cc(N)n(/N=C\c2ccc([C@@H]3C[C@H]3C)o2)c(=O)c1. The molecule has 0 saturated heterocycles. The van der Waals surface area contributed by atoms with Crippen molar-refractivity contribution in [2.24, 2.45) is 11.0 Å². The van der Waals surface area contributed by atoms with Crippen LogP contribution in [0, 0.1) is 12.8 Å². The van der Waals surface area contributed by atoms with Gasteiger partial charge in [0, 0.05) is 12.0 Å². The molecule has 2 atom stereocenters. The number of rotatable bonds is 3. The Kier molecular flexibility index (Phi) is 2.97. The van der Waals surface area contributed by atoms with Crippen molar-refractivity contribution in [2.75, 3.05) is 5.73 Å². The smallest absolute Gasteiger partial charge is 0.273 e. The average molecular weight is 271 g/mol. The number of nitrogens with two attached hydrogens (primary N) is 1. The Balaban J connectivity index is 1.84. The van der Waals surface area contributed by atoms with Gasteiger partial charge < -0.3 is 10.2 Å². The number of hydrogen-bond donors (Lipinski definition) is 1. The van der Waals surface area contributed by atoms with Crippen LogP contribution in [0.15, 0.2) is 38.6 Å². The van der Waals surface area contributed by atoms with E-state index in [4.69, 9.17) is 10.2 Å². The van der Waals surface area contributed by atoms with Crippen LogP contribution in [0.3, 0.4) is 0 Å². The standard InChI is InChI=1S/C15H17N3O2/c1-9-5-14(16)18(15(19)6-9)17-8-11-3-4-13(20-11)12-7-10(12)2/h3-6,8,10,12H,7,16H2,1-2H3/b17-8-/t10-,12-/m1/s1. The van der Waals surface area contributed by atoms with Gasteiger partial charge in [-0.3, -0.25) is 4.79 Å². The number of hydrogen-bond acceptors (Lipinski definition) is 4. The zero-order valence-corrected chi connectivity index (χ0v) is 11.5. The monoisotopic (exact) mass is 271 g/mol. The first-order valence-corrected chi connectivity index (χ1v) is 6.68. The maximum absolute atomic E-state index is 11.8. The van der Waals surface area contributed by atoms with Crippen molar-refractivity contribution in [1.82, 2.24) is 4.68 Å². The van der Waals surface area contributed by atoms with Crippen molar-refractivity contribution in [3.63, 3.8) is 0 Å². The Morgan fingerprint density at radius 2 is 2.20 bits per heavy atom. The molecule has 104 valence electrons. The molecule has 0 aliphatic heterocycles. The fourth-order valence-electron chi connectivity index (χ4n) is 2.31. The lowest BCUT2D eigenvalue weighted by Crippen LogP contribution is -2.19. The van der Waals surface area contributed by atoms with Crippen LogP contribution in [0.5, 0.6) is 0 Å². The molecule has 3 rings (SSSR count). The van der Waals surface area contributed by atoms with E-state index in [1.165, 1.54) is 18.7 Å². The van der Waals surface area contributed by atoms with Crippen molar-refractivity contribution >= 4 is 12.0 Å². The van der Waals surface area contributed by atoms with Crippen molar-refractivity contribution in [3.8, 4) is 0 Å². The first-order chi connectivity index (χ1) is 9.54. The number of aromatic nitrogens is 1. The Labute approximate surface area is 116 Å². The lowest BCUT2D eigenvalue weighted by atomic mass is 10.3. The predicted octanol–water partition coefficient (Wildman–Crippen LogP) is 2.34. The first-order valence-electron chi connectivity index (χ1n) is 6.68. The molecular weight excluding hydrogens is 254 g/mol. The lowest BCUT2D eigenvalue weighted by Gasteiger charge is -2.02. The summed E-state index contributed by atoms with van der Waals surface area (Å²) in [5, 5.41) is 4.09. The van der Waals surface area contributed by atoms with Crippen LogP contribution in [0.4, 0.5) is 5.82 Å². The van der Waals surface area contributed by atoms with Gasteiger partial charge in [0.1, 0.15) is 17.3 Å². The highest BCUT2D eigenvalue weighted by atomic mass is 16.3. The third-order valence-electron chi connectivity index (χ3n) is 3.60. The number of furan rings is 1. The summed E-state index contributed by atoms with van der Waals surface area (Å²) in [5.74, 6) is 3.16. The first kappa shape index (κ1) is 12.7. The molecule has 5 heteroatoms. The van der Waals surface area contributed by atoms with Crippen LogP contribution in [-0.4, -0.2) is 10.9 Å². The molecular formula is C15H17N3O2. The summed E-state index contributed by atoms with van der Waals surface area (Å²) in [5.41, 5.74) is 6.36. The molecule has 1 aliphatic rings. The summed E-state index contributed by atoms with van der Waals surface area (Å²) in [4.78, 5) is 11.8. The summed E-state index contributed by atoms with van der Waals surface area (Å²) in [7, 11) is 0. The van der Waals surface area contributed by atoms with E-state index in [0.29, 0.717) is 23.4 Å². The summed E-state index contributed by atoms with van der Waals surface area (Å²) in [6.07, 6.45) is 2.69. The van der Waals surface area contributed by atoms with Gasteiger partial charge in [0.25, 0.3) is 5.56 Å². The van der Waals surface area contributed by atoms with Crippen LogP contribution in [0.2, 0.25) is 0 Å². The normalized spacial score (nSPS) is 21.5. The van der Waals surface area contributed by atoms with Crippen LogP contribution in [-0.2, 0) is 0 Å². The molecule has 1 saturated carbocycles. The molecule has 0 unspecified atom stereocenters. The summed E-state index contributed by atoms with van der Waals surface area (Å²) in [6, 6.07) is 7.03. The van der Waals surface area contributed by atoms with Crippen molar-refractivity contribution in [1.29, 1.82) is 0 Å². The van der Waals surface area contributed by atoms with Gasteiger partial charge >= 0.3 is 0 Å². The average Bonchev–Trinajstić information content (AvgIpc) is 2.92. The van der Waals surface area contributed by atoms with Gasteiger partial charge in [-0.15, -0.1) is 0 Å². The molecule has 20 heavy (non-hydrogen) atoms. The fourth-order valence-corrected chi connectivity index (χ4v) is 2.31. The Bertz CT molecular complexity index is 727. The van der Waals surface area contributed by atoms with Crippen molar-refractivity contribution < 1.29 is 4.42 Å². The third kappa shape index (κ3) is 2.39. The van der Waals surface area contributed by atoms with Gasteiger partial charge in [-0.2, -0.15) is 9.78 Å². The highest BCUT2D eigenvalue weighted by Crippen LogP contribution is 2.47. The zero-order valence-electron chi connectivity index (χ0n) is 11.5. The Morgan fingerprint density at radius 1 is 1.45 bits per heavy atom. The number of anilines is 1. The van der Waals surface area contributed by atoms with Crippen LogP contribution < -0.4 is 11.3 Å². The maximum atomic E-state index is 11.8. The van der Waals surface area contributed by atoms with Crippen molar-refractivity contribution in [3.05, 3.63) is 51.7 Å². The molecule has 2 aromatic rings. The Hall–Kier alpha value is -2.30. The Morgan fingerprint density at radius 3 is 2.85 bits per heavy atom. The molecule has 1 fully saturated rings. The summed E-state index contributed by atoms with van der Waals surface area (Å²) in [6.45, 7) is 4.02. The molecule has 0 amide bonds. The number of nitrogens with zero attached hydrogens (tertiary/aromatic N) is 2. The molecule has 2 N–H and O–H groups in total. The number of aryl methyl sites for hydroxylation is 1. The quantitative estimate of drug-likeness (QED) is 0.871. The van der Waals surface area contributed by atoms with Crippen LogP contribution in [0.1, 0.15) is 36.3 Å². The van der Waals surface area contributed by atoms with Crippen molar-refractivity contribution in [2.45, 2.75) is 26.2 Å². The second-order valence-corrected chi connectivity index (χ2v) is 5.41. The zero-order chi connectivity index (χ0) is 14.3. The number of nitrogen functional groups attached to an aromatic ring is 1. The van der Waals surface area contributed by atoms with Gasteiger partial charge in [0.2, 0.25) is 0 Å². The minimum Gasteiger partial charge on any atom is -0.460 e. The van der Waals surface area contributed by atoms with E-state index in [1.54, 1.807) is 6.07 Å². The largest absolute Gasteiger partial charge is 0.460 e. The van der Waals surface area contributed by atoms with E-state index < -0.39 is 0 Å². The molecule has 1 aliphatic carbocycles. The van der Waals surface area contributed by atoms with E-state index in [2.05, 4.69) is 12.0 Å². The summed E-state index contributed by atoms with van der Waals surface area (Å²) < 4.78 is 6.86. The van der Waals surface area contributed by atoms with Gasteiger partial charge in [-0.1, -0.05) is 6.92 Å². The predicted molar refractivity (Wildman–Crippen MR) is 78.1 cm³/mol. The van der Waals surface area contributed by atoms with Crippen LogP contribution in [0.25, 0.3) is 0 Å². The molecule has 0 aromatic carbocycles. The number of pyridine rings is 1. The van der Waals surface area contributed by atoms with Gasteiger partial charge in [-0.05, 0) is 43.0 Å². The highest BCUT2D eigenvalue weighted by Gasteiger charge is 2.36. The second-order valence-electron chi connectivity index (χ2n) is 5.41. The van der Waals surface area contributed by atoms with Crippen LogP contribution >= 0.6 is 0 Å². The third-order valence-corrected chi connectivity index (χ3v) is 3.60. The molecule has 2 aromatic heterocycles. The van der Waals surface area contributed by atoms with Gasteiger partial charge in [-0.25, -0.2) is 0 Å². The van der Waals surface area contributed by atoms with E-state index in [1.807, 2.05) is 19.1 Å². The topological polar surface area (TPSA) is 73.5 Å². The van der Waals surface area contributed by atoms with E-state index >= 15 is 0 Å². The fraction of sp³-hybridized carbons (Fsp3) is 0.333. The highest BCUT2D eigenvalue weighted by molar-refractivity contribution is 5.76. The second kappa shape index (κ2) is 4.67. The minimum absolute atomic E-state index is 0.249. The van der Waals surface area contributed by atoms with Gasteiger partial charge in [0.15, 0.2) is 0 Å². The lowest BCUT2D eigenvalue weighted by molar-refractivity contribution is 0.500. The molecule has 0 bridgehead atoms. The van der Waals surface area contributed by atoms with E-state index in [9.17, 15) is 4.79 Å². The summed E-state index contributed by atoms with van der Waals surface area (Å²) >= 11 is 0. The van der Waals surface area contributed by atoms with E-state index in [0.717, 1.165) is 16.0 Å². The van der Waals surface area contributed by atoms with E-state index in [-0.39, 0.29) is 5.56 Å². The molecule has 0 spiro atoms. The molecule has 2 heterocycles. The van der Waals surface area contributed by atoms with Gasteiger partial charge in [0.05, 0.1) is 6.21 Å². The molecule has 5 nitrogen and oxygen atoms in total. The minimum atomic E-state index is -0.249. The molecule has 0 radical (unpaired) electrons. The maximum Gasteiger partial charge on any atom is 0.273 e.